The van der Waals surface area contributed by atoms with Gasteiger partial charge in [0.2, 0.25) is 0 Å². The molecule has 1 rings (SSSR count). The molecule has 0 heterocycles. The first kappa shape index (κ1) is 14.1. The van der Waals surface area contributed by atoms with E-state index in [0.29, 0.717) is 23.5 Å². The second-order valence-electron chi connectivity index (χ2n) is 4.12. The van der Waals surface area contributed by atoms with Crippen molar-refractivity contribution in [3.63, 3.8) is 0 Å². The molecule has 0 atom stereocenters. The molecule has 0 aromatic heterocycles. The van der Waals surface area contributed by atoms with Gasteiger partial charge in [0.15, 0.2) is 0 Å². The fourth-order valence-electron chi connectivity index (χ4n) is 1.67. The summed E-state index contributed by atoms with van der Waals surface area (Å²) in [6.45, 7) is 4.34. The quantitative estimate of drug-likeness (QED) is 0.477. The molecule has 0 unspecified atom stereocenters. The van der Waals surface area contributed by atoms with Crippen LogP contribution in [0.2, 0.25) is 0 Å². The number of nitrogens with zero attached hydrogens (tertiary/aromatic N) is 1. The Hall–Kier alpha value is -1.97. The summed E-state index contributed by atoms with van der Waals surface area (Å²) in [5.41, 5.74) is 6.76. The summed E-state index contributed by atoms with van der Waals surface area (Å²) < 4.78 is 5.18. The Kier molecular flexibility index (Phi) is 5.24. The van der Waals surface area contributed by atoms with Crippen molar-refractivity contribution in [3.05, 3.63) is 36.4 Å². The highest BCUT2D eigenvalue weighted by atomic mass is 16.5. The third-order valence-corrected chi connectivity index (χ3v) is 2.70. The van der Waals surface area contributed by atoms with Gasteiger partial charge in [-0.15, -0.1) is 6.58 Å². The molecule has 18 heavy (non-hydrogen) atoms. The number of hydrogen-bond donors (Lipinski definition) is 1. The van der Waals surface area contributed by atoms with E-state index in [2.05, 4.69) is 6.58 Å². The molecule has 0 spiro atoms. The number of nitrogens with two attached hydrogens (primary N) is 1. The molecular weight excluding hydrogens is 228 g/mol. The molecule has 2 N–H and O–H groups in total. The Balaban J connectivity index is 2.81. The van der Waals surface area contributed by atoms with Crippen LogP contribution in [0.15, 0.2) is 30.9 Å². The van der Waals surface area contributed by atoms with Gasteiger partial charge < -0.3 is 15.4 Å². The zero-order chi connectivity index (χ0) is 13.5. The monoisotopic (exact) mass is 248 g/mol. The van der Waals surface area contributed by atoms with E-state index in [1.54, 1.807) is 37.3 Å². The molecule has 0 fully saturated rings. The molecule has 0 aliphatic rings. The standard InChI is InChI=1S/C14H20N2O2/c1-4-5-6-9-16(2)14(17)12-10-11(15)7-8-13(12)18-3/h4,7-8,10H,1,5-6,9,15H2,2-3H3. The SMILES string of the molecule is C=CCCCN(C)C(=O)c1cc(N)ccc1OC. The maximum Gasteiger partial charge on any atom is 0.257 e. The summed E-state index contributed by atoms with van der Waals surface area (Å²) >= 11 is 0. The van der Waals surface area contributed by atoms with E-state index in [1.807, 2.05) is 6.08 Å². The first-order valence-electron chi connectivity index (χ1n) is 5.90. The Morgan fingerprint density at radius 2 is 2.28 bits per heavy atom. The predicted octanol–water partition coefficient (Wildman–Crippen LogP) is 2.32. The van der Waals surface area contributed by atoms with E-state index in [-0.39, 0.29) is 5.91 Å². The molecule has 0 aliphatic carbocycles. The van der Waals surface area contributed by atoms with Gasteiger partial charge >= 0.3 is 0 Å². The first-order chi connectivity index (χ1) is 8.60. The van der Waals surface area contributed by atoms with Gasteiger partial charge in [0.1, 0.15) is 5.75 Å². The second-order valence-corrected chi connectivity index (χ2v) is 4.12. The van der Waals surface area contributed by atoms with Crippen LogP contribution in [-0.4, -0.2) is 31.5 Å². The molecule has 1 amide bonds. The lowest BCUT2D eigenvalue weighted by Gasteiger charge is -2.18. The van der Waals surface area contributed by atoms with Crippen molar-refractivity contribution in [1.29, 1.82) is 0 Å². The van der Waals surface area contributed by atoms with Gasteiger partial charge in [0.25, 0.3) is 5.91 Å². The smallest absolute Gasteiger partial charge is 0.257 e. The van der Waals surface area contributed by atoms with Crippen molar-refractivity contribution in [2.75, 3.05) is 26.4 Å². The minimum Gasteiger partial charge on any atom is -0.496 e. The van der Waals surface area contributed by atoms with Gasteiger partial charge in [-0.2, -0.15) is 0 Å². The fourth-order valence-corrected chi connectivity index (χ4v) is 1.67. The zero-order valence-corrected chi connectivity index (χ0v) is 11.0. The molecular formula is C14H20N2O2. The van der Waals surface area contributed by atoms with Crippen LogP contribution in [0.3, 0.4) is 0 Å². The van der Waals surface area contributed by atoms with E-state index in [0.717, 1.165) is 12.8 Å². The summed E-state index contributed by atoms with van der Waals surface area (Å²) in [4.78, 5) is 13.9. The molecule has 4 nitrogen and oxygen atoms in total. The van der Waals surface area contributed by atoms with E-state index in [4.69, 9.17) is 10.5 Å². The molecule has 1 aromatic rings. The summed E-state index contributed by atoms with van der Waals surface area (Å²) in [6, 6.07) is 5.07. The Morgan fingerprint density at radius 3 is 2.89 bits per heavy atom. The van der Waals surface area contributed by atoms with E-state index >= 15 is 0 Å². The van der Waals surface area contributed by atoms with Crippen LogP contribution in [-0.2, 0) is 0 Å². The van der Waals surface area contributed by atoms with Gasteiger partial charge in [-0.05, 0) is 31.0 Å². The number of carbonyl (C=O) groups is 1. The van der Waals surface area contributed by atoms with Crippen molar-refractivity contribution in [2.24, 2.45) is 0 Å². The highest BCUT2D eigenvalue weighted by Gasteiger charge is 2.16. The van der Waals surface area contributed by atoms with Crippen LogP contribution in [0.4, 0.5) is 5.69 Å². The third kappa shape index (κ3) is 3.52. The number of ether oxygens (including phenoxy) is 1. The van der Waals surface area contributed by atoms with Gasteiger partial charge in [-0.1, -0.05) is 6.08 Å². The lowest BCUT2D eigenvalue weighted by atomic mass is 10.1. The summed E-state index contributed by atoms with van der Waals surface area (Å²) in [5.74, 6) is 0.466. The third-order valence-electron chi connectivity index (χ3n) is 2.70. The Labute approximate surface area is 108 Å². The molecule has 0 bridgehead atoms. The molecule has 0 aliphatic heterocycles. The van der Waals surface area contributed by atoms with Gasteiger partial charge in [0, 0.05) is 19.3 Å². The van der Waals surface area contributed by atoms with Crippen LogP contribution >= 0.6 is 0 Å². The van der Waals surface area contributed by atoms with Crippen LogP contribution in [0.25, 0.3) is 0 Å². The van der Waals surface area contributed by atoms with Crippen LogP contribution in [0.1, 0.15) is 23.2 Å². The number of unbranched alkanes of at least 4 members (excludes halogenated alkanes) is 1. The highest BCUT2D eigenvalue weighted by molar-refractivity contribution is 5.97. The van der Waals surface area contributed by atoms with E-state index in [9.17, 15) is 4.79 Å². The average Bonchev–Trinajstić information content (AvgIpc) is 2.38. The van der Waals surface area contributed by atoms with Crippen molar-refractivity contribution in [2.45, 2.75) is 12.8 Å². The number of anilines is 1. The van der Waals surface area contributed by atoms with E-state index < -0.39 is 0 Å². The van der Waals surface area contributed by atoms with Crippen LogP contribution in [0.5, 0.6) is 5.75 Å². The predicted molar refractivity (Wildman–Crippen MR) is 73.8 cm³/mol. The topological polar surface area (TPSA) is 55.6 Å². The maximum absolute atomic E-state index is 12.2. The number of nitrogen functional groups attached to an aromatic ring is 1. The largest absolute Gasteiger partial charge is 0.496 e. The van der Waals surface area contributed by atoms with Crippen molar-refractivity contribution in [3.8, 4) is 5.75 Å². The summed E-state index contributed by atoms with van der Waals surface area (Å²) in [5, 5.41) is 0. The zero-order valence-electron chi connectivity index (χ0n) is 11.0. The summed E-state index contributed by atoms with van der Waals surface area (Å²) in [6.07, 6.45) is 3.64. The van der Waals surface area contributed by atoms with Gasteiger partial charge in [0.05, 0.1) is 12.7 Å². The number of amides is 1. The average molecular weight is 248 g/mol. The maximum atomic E-state index is 12.2. The Morgan fingerprint density at radius 1 is 1.56 bits per heavy atom. The number of hydrogen-bond acceptors (Lipinski definition) is 3. The Bertz CT molecular complexity index is 430. The molecule has 1 aromatic carbocycles. The number of benzene rings is 1. The fraction of sp³-hybridized carbons (Fsp3) is 0.357. The first-order valence-corrected chi connectivity index (χ1v) is 5.90. The minimum absolute atomic E-state index is 0.0804. The summed E-state index contributed by atoms with van der Waals surface area (Å²) in [7, 11) is 3.31. The minimum atomic E-state index is -0.0804. The van der Waals surface area contributed by atoms with Crippen molar-refractivity contribution < 1.29 is 9.53 Å². The number of allylic oxidation sites excluding steroid dienone is 1. The highest BCUT2D eigenvalue weighted by Crippen LogP contribution is 2.22. The molecule has 0 saturated heterocycles. The molecule has 0 saturated carbocycles. The number of rotatable bonds is 6. The van der Waals surface area contributed by atoms with Gasteiger partial charge in [-0.25, -0.2) is 0 Å². The van der Waals surface area contributed by atoms with E-state index in [1.165, 1.54) is 0 Å². The normalized spacial score (nSPS) is 9.89. The molecule has 0 radical (unpaired) electrons. The molecule has 4 heteroatoms. The lowest BCUT2D eigenvalue weighted by molar-refractivity contribution is 0.0790. The molecule has 98 valence electrons. The van der Waals surface area contributed by atoms with Crippen LogP contribution < -0.4 is 10.5 Å². The lowest BCUT2D eigenvalue weighted by Crippen LogP contribution is -2.28. The van der Waals surface area contributed by atoms with Crippen molar-refractivity contribution in [1.82, 2.24) is 4.90 Å². The second kappa shape index (κ2) is 6.69. The van der Waals surface area contributed by atoms with Gasteiger partial charge in [-0.3, -0.25) is 4.79 Å². The number of methoxy groups -OCH3 is 1. The number of carbonyl (C=O) groups excluding carboxylic acids is 1. The van der Waals surface area contributed by atoms with Crippen molar-refractivity contribution >= 4 is 11.6 Å². The van der Waals surface area contributed by atoms with Crippen LogP contribution in [0, 0.1) is 0 Å².